The van der Waals surface area contributed by atoms with Crippen molar-refractivity contribution in [3.63, 3.8) is 0 Å². The van der Waals surface area contributed by atoms with E-state index >= 15 is 0 Å². The summed E-state index contributed by atoms with van der Waals surface area (Å²) in [5.74, 6) is 0.481. The predicted octanol–water partition coefficient (Wildman–Crippen LogP) is 2.78. The Morgan fingerprint density at radius 3 is 2.41 bits per heavy atom. The fourth-order valence-electron chi connectivity index (χ4n) is 2.99. The fourth-order valence-corrected chi connectivity index (χ4v) is 4.70. The summed E-state index contributed by atoms with van der Waals surface area (Å²) in [6.45, 7) is 10.2. The lowest BCUT2D eigenvalue weighted by Gasteiger charge is -2.23. The Labute approximate surface area is 172 Å². The average molecular weight is 423 g/mol. The van der Waals surface area contributed by atoms with E-state index in [-0.39, 0.29) is 10.8 Å². The van der Waals surface area contributed by atoms with E-state index in [9.17, 15) is 13.2 Å². The first-order chi connectivity index (χ1) is 13.6. The van der Waals surface area contributed by atoms with Crippen LogP contribution in [0, 0.1) is 13.8 Å². The van der Waals surface area contributed by atoms with Crippen LogP contribution in [0.15, 0.2) is 33.7 Å². The highest BCUT2D eigenvalue weighted by Crippen LogP contribution is 2.24. The first-order valence-corrected chi connectivity index (χ1v) is 11.1. The van der Waals surface area contributed by atoms with E-state index in [2.05, 4.69) is 10.5 Å². The van der Waals surface area contributed by atoms with Gasteiger partial charge in [-0.15, -0.1) is 0 Å². The molecule has 0 saturated carbocycles. The molecular weight excluding hydrogens is 392 g/mol. The molecule has 1 heterocycles. The van der Waals surface area contributed by atoms with Gasteiger partial charge in [0.1, 0.15) is 5.76 Å². The van der Waals surface area contributed by atoms with E-state index in [1.54, 1.807) is 39.8 Å². The summed E-state index contributed by atoms with van der Waals surface area (Å²) < 4.78 is 32.2. The van der Waals surface area contributed by atoms with Crippen molar-refractivity contribution >= 4 is 21.6 Å². The van der Waals surface area contributed by atoms with Gasteiger partial charge >= 0.3 is 0 Å². The maximum Gasteiger partial charge on any atom is 0.243 e. The number of anilines is 1. The van der Waals surface area contributed by atoms with Crippen LogP contribution < -0.4 is 5.32 Å². The Kier molecular flexibility index (Phi) is 7.56. The number of aryl methyl sites for hydroxylation is 2. The molecule has 0 aliphatic carbocycles. The van der Waals surface area contributed by atoms with Crippen molar-refractivity contribution in [1.82, 2.24) is 14.4 Å². The molecule has 0 aliphatic rings. The Morgan fingerprint density at radius 1 is 1.21 bits per heavy atom. The lowest BCUT2D eigenvalue weighted by Crippen LogP contribution is -2.39. The maximum absolute atomic E-state index is 12.9. The number of hydrogen-bond donors (Lipinski definition) is 1. The van der Waals surface area contributed by atoms with E-state index in [4.69, 9.17) is 4.52 Å². The second-order valence-corrected chi connectivity index (χ2v) is 8.99. The Bertz CT molecular complexity index is 951. The van der Waals surface area contributed by atoms with Crippen LogP contribution in [0.4, 0.5) is 5.69 Å². The van der Waals surface area contributed by atoms with Crippen LogP contribution in [0.5, 0.6) is 0 Å². The van der Waals surface area contributed by atoms with Crippen LogP contribution in [-0.2, 0) is 21.4 Å². The van der Waals surface area contributed by atoms with Gasteiger partial charge in [-0.25, -0.2) is 8.42 Å². The van der Waals surface area contributed by atoms with Crippen LogP contribution in [0.25, 0.3) is 0 Å². The molecule has 1 atom stereocenters. The monoisotopic (exact) mass is 422 g/mol. The molecule has 8 nitrogen and oxygen atoms in total. The number of hydrogen-bond acceptors (Lipinski definition) is 6. The standard InChI is InChI=1S/C20H30N4O4S/c1-7-24(8-2)29(26,27)19-12-17(10-9-14(19)3)21-20(25)16(5)23(6)13-18-11-15(4)28-22-18/h9-12,16H,7-8,13H2,1-6H3,(H,21,25)/t16-/m0/s1. The number of aromatic nitrogens is 1. The zero-order chi connectivity index (χ0) is 21.8. The van der Waals surface area contributed by atoms with E-state index in [0.717, 1.165) is 5.69 Å². The molecular formula is C20H30N4O4S. The number of amides is 1. The van der Waals surface area contributed by atoms with Gasteiger partial charge in [0.2, 0.25) is 15.9 Å². The molecule has 9 heteroatoms. The van der Waals surface area contributed by atoms with E-state index in [1.165, 1.54) is 10.4 Å². The van der Waals surface area contributed by atoms with Crippen molar-refractivity contribution in [2.45, 2.75) is 52.1 Å². The molecule has 0 radical (unpaired) electrons. The molecule has 0 spiro atoms. The summed E-state index contributed by atoms with van der Waals surface area (Å²) in [6, 6.07) is 6.32. The number of rotatable bonds is 9. The van der Waals surface area contributed by atoms with Gasteiger partial charge in [0.25, 0.3) is 0 Å². The highest BCUT2D eigenvalue weighted by Gasteiger charge is 2.25. The first-order valence-electron chi connectivity index (χ1n) is 9.64. The maximum atomic E-state index is 12.9. The molecule has 2 aromatic rings. The minimum atomic E-state index is -3.61. The normalized spacial score (nSPS) is 13.1. The Hall–Kier alpha value is -2.23. The third-order valence-electron chi connectivity index (χ3n) is 4.91. The number of carbonyl (C=O) groups excluding carboxylic acids is 1. The molecule has 1 amide bonds. The van der Waals surface area contributed by atoms with Gasteiger partial charge in [0, 0.05) is 31.4 Å². The molecule has 29 heavy (non-hydrogen) atoms. The minimum absolute atomic E-state index is 0.207. The highest BCUT2D eigenvalue weighted by atomic mass is 32.2. The number of nitrogens with zero attached hydrogens (tertiary/aromatic N) is 3. The van der Waals surface area contributed by atoms with E-state index in [0.29, 0.717) is 36.6 Å². The summed E-state index contributed by atoms with van der Waals surface area (Å²) in [4.78, 5) is 14.7. The smallest absolute Gasteiger partial charge is 0.243 e. The summed E-state index contributed by atoms with van der Waals surface area (Å²) in [5, 5.41) is 6.76. The van der Waals surface area contributed by atoms with Crippen LogP contribution >= 0.6 is 0 Å². The zero-order valence-corrected chi connectivity index (χ0v) is 18.7. The minimum Gasteiger partial charge on any atom is -0.361 e. The predicted molar refractivity (Wildman–Crippen MR) is 112 cm³/mol. The molecule has 1 aromatic carbocycles. The second kappa shape index (κ2) is 9.51. The third kappa shape index (κ3) is 5.43. The lowest BCUT2D eigenvalue weighted by atomic mass is 10.2. The van der Waals surface area contributed by atoms with Gasteiger partial charge in [-0.1, -0.05) is 25.1 Å². The van der Waals surface area contributed by atoms with E-state index < -0.39 is 16.1 Å². The SMILES string of the molecule is CCN(CC)S(=O)(=O)c1cc(NC(=O)[C@H](C)N(C)Cc2cc(C)on2)ccc1C. The largest absolute Gasteiger partial charge is 0.361 e. The second-order valence-electron chi connectivity index (χ2n) is 7.08. The first kappa shape index (κ1) is 23.1. The zero-order valence-electron chi connectivity index (χ0n) is 17.9. The Balaban J connectivity index is 2.16. The summed E-state index contributed by atoms with van der Waals surface area (Å²) in [7, 11) is -1.79. The van der Waals surface area contributed by atoms with Gasteiger partial charge in [0.05, 0.1) is 16.6 Å². The van der Waals surface area contributed by atoms with Crippen molar-refractivity contribution in [3.8, 4) is 0 Å². The van der Waals surface area contributed by atoms with Gasteiger partial charge < -0.3 is 9.84 Å². The summed E-state index contributed by atoms with van der Waals surface area (Å²) in [6.07, 6.45) is 0. The van der Waals surface area contributed by atoms with Crippen LogP contribution in [0.1, 0.15) is 37.8 Å². The quantitative estimate of drug-likeness (QED) is 0.668. The van der Waals surface area contributed by atoms with Crippen molar-refractivity contribution in [2.75, 3.05) is 25.5 Å². The number of benzene rings is 1. The molecule has 1 N–H and O–H groups in total. The van der Waals surface area contributed by atoms with Crippen molar-refractivity contribution < 1.29 is 17.7 Å². The van der Waals surface area contributed by atoms with Gasteiger partial charge in [-0.3, -0.25) is 9.69 Å². The Morgan fingerprint density at radius 2 is 1.86 bits per heavy atom. The molecule has 0 bridgehead atoms. The molecule has 0 aliphatic heterocycles. The van der Waals surface area contributed by atoms with Gasteiger partial charge in [0.15, 0.2) is 0 Å². The summed E-state index contributed by atoms with van der Waals surface area (Å²) >= 11 is 0. The average Bonchev–Trinajstić information content (AvgIpc) is 3.07. The fraction of sp³-hybridized carbons (Fsp3) is 0.500. The van der Waals surface area contributed by atoms with Crippen molar-refractivity contribution in [3.05, 3.63) is 41.3 Å². The lowest BCUT2D eigenvalue weighted by molar-refractivity contribution is -0.120. The molecule has 0 saturated heterocycles. The van der Waals surface area contributed by atoms with Gasteiger partial charge in [-0.2, -0.15) is 4.31 Å². The number of sulfonamides is 1. The topological polar surface area (TPSA) is 95.8 Å². The van der Waals surface area contributed by atoms with Crippen LogP contribution in [-0.4, -0.2) is 54.9 Å². The molecule has 0 fully saturated rings. The van der Waals surface area contributed by atoms with E-state index in [1.807, 2.05) is 24.9 Å². The number of carbonyl (C=O) groups is 1. The van der Waals surface area contributed by atoms with Crippen LogP contribution in [0.3, 0.4) is 0 Å². The van der Waals surface area contributed by atoms with Crippen molar-refractivity contribution in [1.29, 1.82) is 0 Å². The number of likely N-dealkylation sites (N-methyl/N-ethyl adjacent to an activating group) is 1. The summed E-state index contributed by atoms with van der Waals surface area (Å²) in [5.41, 5.74) is 1.83. The number of nitrogens with one attached hydrogen (secondary N) is 1. The van der Waals surface area contributed by atoms with Crippen molar-refractivity contribution in [2.24, 2.45) is 0 Å². The molecule has 160 valence electrons. The molecule has 0 unspecified atom stereocenters. The molecule has 2 rings (SSSR count). The molecule has 1 aromatic heterocycles. The third-order valence-corrected chi connectivity index (χ3v) is 7.10. The van der Waals surface area contributed by atoms with Crippen LogP contribution in [0.2, 0.25) is 0 Å². The highest BCUT2D eigenvalue weighted by molar-refractivity contribution is 7.89. The van der Waals surface area contributed by atoms with Gasteiger partial charge in [-0.05, 0) is 45.5 Å².